The Labute approximate surface area is 199 Å². The first-order chi connectivity index (χ1) is 16.7. The molecule has 2 aromatic carbocycles. The standard InChI is InChI=1S/C26H25F3N4O2/c1-16-6-5-7-17(2)22(16)31-13-11-19(15-31)33-21-10-12-30-24(34)23(21)32(25(33)35)14-18-8-3-4-9-20(18)26(27,28)29/h3-10,12,19H,11,13-15H2,1-2H3,(H,30,34)/t19-/m1/s1. The Morgan fingerprint density at radius 2 is 1.71 bits per heavy atom. The minimum Gasteiger partial charge on any atom is -0.369 e. The monoisotopic (exact) mass is 482 g/mol. The Kier molecular flexibility index (Phi) is 5.57. The van der Waals surface area contributed by atoms with Crippen LogP contribution in [-0.2, 0) is 12.7 Å². The molecule has 2 aromatic heterocycles. The van der Waals surface area contributed by atoms with Gasteiger partial charge in [0.05, 0.1) is 23.7 Å². The van der Waals surface area contributed by atoms with Gasteiger partial charge in [-0.3, -0.25) is 13.9 Å². The number of pyridine rings is 1. The second kappa shape index (κ2) is 8.48. The molecule has 1 aliphatic heterocycles. The van der Waals surface area contributed by atoms with Gasteiger partial charge in [-0.15, -0.1) is 0 Å². The fourth-order valence-corrected chi connectivity index (χ4v) is 5.31. The Morgan fingerprint density at radius 1 is 1.00 bits per heavy atom. The van der Waals surface area contributed by atoms with E-state index in [0.717, 1.165) is 29.4 Å². The number of aromatic amines is 1. The molecule has 1 atom stereocenters. The van der Waals surface area contributed by atoms with Crippen LogP contribution in [0.2, 0.25) is 0 Å². The molecular weight excluding hydrogens is 457 g/mol. The molecule has 0 radical (unpaired) electrons. The summed E-state index contributed by atoms with van der Waals surface area (Å²) in [6.45, 7) is 5.04. The van der Waals surface area contributed by atoms with Gasteiger partial charge in [-0.1, -0.05) is 36.4 Å². The normalized spacial score (nSPS) is 16.4. The number of hydrogen-bond acceptors (Lipinski definition) is 3. The molecule has 4 aromatic rings. The van der Waals surface area contributed by atoms with Crippen molar-refractivity contribution in [3.8, 4) is 0 Å². The Hall–Kier alpha value is -3.75. The number of alkyl halides is 3. The quantitative estimate of drug-likeness (QED) is 0.462. The highest BCUT2D eigenvalue weighted by molar-refractivity contribution is 5.75. The van der Waals surface area contributed by atoms with Crippen LogP contribution in [0.1, 0.15) is 34.7 Å². The maximum Gasteiger partial charge on any atom is 0.416 e. The minimum absolute atomic E-state index is 0.0620. The molecule has 0 amide bonds. The number of nitrogens with zero attached hydrogens (tertiary/aromatic N) is 3. The third kappa shape index (κ3) is 3.94. The molecule has 0 spiro atoms. The smallest absolute Gasteiger partial charge is 0.369 e. The van der Waals surface area contributed by atoms with Crippen LogP contribution >= 0.6 is 0 Å². The van der Waals surface area contributed by atoms with E-state index in [4.69, 9.17) is 0 Å². The van der Waals surface area contributed by atoms with Crippen LogP contribution in [0.15, 0.2) is 64.3 Å². The summed E-state index contributed by atoms with van der Waals surface area (Å²) in [6.07, 6.45) is -2.42. The van der Waals surface area contributed by atoms with Gasteiger partial charge in [-0.2, -0.15) is 13.2 Å². The summed E-state index contributed by atoms with van der Waals surface area (Å²) in [5.41, 5.74) is 2.05. The summed E-state index contributed by atoms with van der Waals surface area (Å²) >= 11 is 0. The average Bonchev–Trinajstić information content (AvgIpc) is 3.37. The molecule has 3 heterocycles. The van der Waals surface area contributed by atoms with E-state index >= 15 is 0 Å². The number of benzene rings is 2. The lowest BCUT2D eigenvalue weighted by Gasteiger charge is -2.23. The summed E-state index contributed by atoms with van der Waals surface area (Å²) in [7, 11) is 0. The SMILES string of the molecule is Cc1cccc(C)c1N1CC[C@@H](n2c(=O)n(Cc3ccccc3C(F)(F)F)c3c(=O)[nH]ccc32)C1. The highest BCUT2D eigenvalue weighted by atomic mass is 19.4. The lowest BCUT2D eigenvalue weighted by atomic mass is 10.1. The molecule has 6 nitrogen and oxygen atoms in total. The number of halogens is 3. The van der Waals surface area contributed by atoms with Gasteiger partial charge in [0.2, 0.25) is 0 Å². The molecule has 0 saturated carbocycles. The molecule has 9 heteroatoms. The largest absolute Gasteiger partial charge is 0.416 e. The van der Waals surface area contributed by atoms with Crippen LogP contribution in [-0.4, -0.2) is 27.2 Å². The number of hydrogen-bond donors (Lipinski definition) is 1. The summed E-state index contributed by atoms with van der Waals surface area (Å²) in [5, 5.41) is 0. The highest BCUT2D eigenvalue weighted by Crippen LogP contribution is 2.34. The van der Waals surface area contributed by atoms with Crippen molar-refractivity contribution < 1.29 is 13.2 Å². The van der Waals surface area contributed by atoms with Gasteiger partial charge < -0.3 is 9.88 Å². The number of rotatable bonds is 4. The topological polar surface area (TPSA) is 63.0 Å². The molecule has 1 aliphatic rings. The van der Waals surface area contributed by atoms with Crippen LogP contribution in [0.3, 0.4) is 0 Å². The molecule has 1 fully saturated rings. The van der Waals surface area contributed by atoms with Gasteiger partial charge >= 0.3 is 11.9 Å². The van der Waals surface area contributed by atoms with Crippen molar-refractivity contribution in [1.29, 1.82) is 0 Å². The van der Waals surface area contributed by atoms with Crippen LogP contribution in [0.25, 0.3) is 11.0 Å². The van der Waals surface area contributed by atoms with Crippen molar-refractivity contribution in [3.05, 3.63) is 97.8 Å². The Bertz CT molecular complexity index is 1510. The third-order valence-electron chi connectivity index (χ3n) is 6.82. The van der Waals surface area contributed by atoms with Crippen molar-refractivity contribution in [2.45, 2.75) is 39.0 Å². The third-order valence-corrected chi connectivity index (χ3v) is 6.82. The molecule has 0 bridgehead atoms. The van der Waals surface area contributed by atoms with Crippen molar-refractivity contribution >= 4 is 16.7 Å². The van der Waals surface area contributed by atoms with E-state index in [1.807, 2.05) is 32.0 Å². The summed E-state index contributed by atoms with van der Waals surface area (Å²) < 4.78 is 43.5. The number of nitrogens with one attached hydrogen (secondary N) is 1. The van der Waals surface area contributed by atoms with Crippen molar-refractivity contribution in [3.63, 3.8) is 0 Å². The zero-order valence-electron chi connectivity index (χ0n) is 19.4. The maximum absolute atomic E-state index is 13.6. The van der Waals surface area contributed by atoms with Crippen LogP contribution in [0.4, 0.5) is 18.9 Å². The predicted molar refractivity (Wildman–Crippen MR) is 129 cm³/mol. The highest BCUT2D eigenvalue weighted by Gasteiger charge is 2.34. The lowest BCUT2D eigenvalue weighted by molar-refractivity contribution is -0.138. The van der Waals surface area contributed by atoms with Crippen molar-refractivity contribution in [1.82, 2.24) is 14.1 Å². The van der Waals surface area contributed by atoms with Crippen LogP contribution < -0.4 is 16.1 Å². The molecule has 1 N–H and O–H groups in total. The van der Waals surface area contributed by atoms with Gasteiger partial charge in [-0.25, -0.2) is 4.79 Å². The van der Waals surface area contributed by atoms with Crippen LogP contribution in [0, 0.1) is 13.8 Å². The fraction of sp³-hybridized carbons (Fsp3) is 0.308. The molecule has 35 heavy (non-hydrogen) atoms. The average molecular weight is 483 g/mol. The molecule has 0 aliphatic carbocycles. The number of para-hydroxylation sites is 1. The predicted octanol–water partition coefficient (Wildman–Crippen LogP) is 4.63. The van der Waals surface area contributed by atoms with Crippen LogP contribution in [0.5, 0.6) is 0 Å². The number of anilines is 1. The van der Waals surface area contributed by atoms with E-state index in [1.165, 1.54) is 29.0 Å². The van der Waals surface area contributed by atoms with Gasteiger partial charge in [-0.05, 0) is 49.1 Å². The van der Waals surface area contributed by atoms with Gasteiger partial charge in [0.15, 0.2) is 0 Å². The summed E-state index contributed by atoms with van der Waals surface area (Å²) in [4.78, 5) is 31.2. The first-order valence-electron chi connectivity index (χ1n) is 11.5. The van der Waals surface area contributed by atoms with E-state index in [0.29, 0.717) is 18.5 Å². The van der Waals surface area contributed by atoms with Gasteiger partial charge in [0.25, 0.3) is 5.56 Å². The molecule has 0 unspecified atom stereocenters. The molecule has 5 rings (SSSR count). The second-order valence-corrected chi connectivity index (χ2v) is 9.06. The first-order valence-corrected chi connectivity index (χ1v) is 11.5. The fourth-order valence-electron chi connectivity index (χ4n) is 5.31. The Morgan fingerprint density at radius 3 is 2.43 bits per heavy atom. The number of aryl methyl sites for hydroxylation is 2. The summed E-state index contributed by atoms with van der Waals surface area (Å²) in [5.74, 6) is 0. The van der Waals surface area contributed by atoms with E-state index in [9.17, 15) is 22.8 Å². The van der Waals surface area contributed by atoms with Gasteiger partial charge in [0, 0.05) is 25.0 Å². The van der Waals surface area contributed by atoms with E-state index in [-0.39, 0.29) is 23.7 Å². The second-order valence-electron chi connectivity index (χ2n) is 9.06. The first kappa shape index (κ1) is 23.0. The number of H-pyrrole nitrogens is 1. The zero-order chi connectivity index (χ0) is 24.9. The number of aromatic nitrogens is 3. The van der Waals surface area contributed by atoms with E-state index < -0.39 is 23.0 Å². The lowest BCUT2D eigenvalue weighted by Crippen LogP contribution is -2.30. The van der Waals surface area contributed by atoms with Gasteiger partial charge in [0.1, 0.15) is 5.52 Å². The minimum atomic E-state index is -4.57. The molecule has 182 valence electrons. The molecular formula is C26H25F3N4O2. The number of imidazole rings is 1. The Balaban J connectivity index is 1.60. The van der Waals surface area contributed by atoms with Crippen molar-refractivity contribution in [2.75, 3.05) is 18.0 Å². The van der Waals surface area contributed by atoms with E-state index in [1.54, 1.807) is 10.6 Å². The van der Waals surface area contributed by atoms with E-state index in [2.05, 4.69) is 9.88 Å². The van der Waals surface area contributed by atoms with Crippen molar-refractivity contribution in [2.24, 2.45) is 0 Å². The number of fused-ring (bicyclic) bond motifs is 1. The zero-order valence-corrected chi connectivity index (χ0v) is 19.4. The maximum atomic E-state index is 13.6. The molecule has 1 saturated heterocycles. The summed E-state index contributed by atoms with van der Waals surface area (Å²) in [6, 6.07) is 12.7.